The second-order valence-electron chi connectivity index (χ2n) is 4.20. The Morgan fingerprint density at radius 1 is 1.00 bits per heavy atom. The summed E-state index contributed by atoms with van der Waals surface area (Å²) in [7, 11) is 0. The summed E-state index contributed by atoms with van der Waals surface area (Å²) >= 11 is 0. The van der Waals surface area contributed by atoms with E-state index in [4.69, 9.17) is 0 Å². The number of ketones is 1. The Kier molecular flexibility index (Phi) is 2.98. The van der Waals surface area contributed by atoms with Crippen molar-refractivity contribution in [3.63, 3.8) is 0 Å². The van der Waals surface area contributed by atoms with Gasteiger partial charge in [0.15, 0.2) is 5.78 Å². The van der Waals surface area contributed by atoms with Crippen LogP contribution in [0.25, 0.3) is 11.0 Å². The summed E-state index contributed by atoms with van der Waals surface area (Å²) in [5.74, 6) is -0.0375. The van der Waals surface area contributed by atoms with Crippen LogP contribution in [0.1, 0.15) is 16.1 Å². The van der Waals surface area contributed by atoms with E-state index in [-0.39, 0.29) is 5.78 Å². The molecule has 0 N–H and O–H groups in total. The van der Waals surface area contributed by atoms with Gasteiger partial charge in [0.1, 0.15) is 5.69 Å². The van der Waals surface area contributed by atoms with Gasteiger partial charge in [-0.05, 0) is 29.8 Å². The zero-order valence-corrected chi connectivity index (χ0v) is 10.2. The SMILES string of the molecule is O=C(Cc1ccncc1)c1cnc2ccccc2n1. The van der Waals surface area contributed by atoms with E-state index < -0.39 is 0 Å². The molecule has 1 aromatic carbocycles. The molecule has 0 saturated carbocycles. The van der Waals surface area contributed by atoms with Crippen molar-refractivity contribution in [3.8, 4) is 0 Å². The second-order valence-corrected chi connectivity index (χ2v) is 4.20. The normalized spacial score (nSPS) is 10.5. The molecule has 0 unspecified atom stereocenters. The van der Waals surface area contributed by atoms with E-state index in [0.29, 0.717) is 12.1 Å². The molecule has 3 rings (SSSR count). The van der Waals surface area contributed by atoms with Crippen LogP contribution in [0.4, 0.5) is 0 Å². The number of pyridine rings is 1. The summed E-state index contributed by atoms with van der Waals surface area (Å²) in [6.07, 6.45) is 5.20. The van der Waals surface area contributed by atoms with Crippen molar-refractivity contribution in [2.24, 2.45) is 0 Å². The molecule has 0 aliphatic heterocycles. The molecule has 3 aromatic rings. The first-order chi connectivity index (χ1) is 9.33. The summed E-state index contributed by atoms with van der Waals surface area (Å²) in [6.45, 7) is 0. The molecule has 0 aliphatic rings. The van der Waals surface area contributed by atoms with Gasteiger partial charge in [0.25, 0.3) is 0 Å². The number of Topliss-reactive ketones (excluding diaryl/α,β-unsaturated/α-hetero) is 1. The van der Waals surface area contributed by atoms with Gasteiger partial charge in [0.05, 0.1) is 17.2 Å². The molecule has 0 saturated heterocycles. The van der Waals surface area contributed by atoms with Gasteiger partial charge in [-0.25, -0.2) is 4.98 Å². The van der Waals surface area contributed by atoms with Crippen LogP contribution in [0.3, 0.4) is 0 Å². The third kappa shape index (κ3) is 2.47. The molecule has 0 amide bonds. The van der Waals surface area contributed by atoms with Crippen molar-refractivity contribution in [2.75, 3.05) is 0 Å². The van der Waals surface area contributed by atoms with Gasteiger partial charge < -0.3 is 0 Å². The minimum atomic E-state index is -0.0375. The van der Waals surface area contributed by atoms with Crippen LogP contribution < -0.4 is 0 Å². The molecule has 0 fully saturated rings. The van der Waals surface area contributed by atoms with Crippen molar-refractivity contribution in [2.45, 2.75) is 6.42 Å². The lowest BCUT2D eigenvalue weighted by Gasteiger charge is -2.02. The van der Waals surface area contributed by atoms with Crippen molar-refractivity contribution in [1.82, 2.24) is 15.0 Å². The van der Waals surface area contributed by atoms with Crippen molar-refractivity contribution >= 4 is 16.8 Å². The Bertz CT molecular complexity index is 726. The number of aromatic nitrogens is 3. The van der Waals surface area contributed by atoms with Gasteiger partial charge in [-0.3, -0.25) is 14.8 Å². The van der Waals surface area contributed by atoms with E-state index in [0.717, 1.165) is 16.6 Å². The van der Waals surface area contributed by atoms with Gasteiger partial charge in [0.2, 0.25) is 0 Å². The number of para-hydroxylation sites is 2. The van der Waals surface area contributed by atoms with Crippen LogP contribution in [0.15, 0.2) is 55.0 Å². The molecule has 4 heteroatoms. The number of carbonyl (C=O) groups is 1. The topological polar surface area (TPSA) is 55.7 Å². The van der Waals surface area contributed by atoms with E-state index in [2.05, 4.69) is 15.0 Å². The first kappa shape index (κ1) is 11.5. The van der Waals surface area contributed by atoms with Crippen LogP contribution in [0, 0.1) is 0 Å². The lowest BCUT2D eigenvalue weighted by Crippen LogP contribution is -2.06. The van der Waals surface area contributed by atoms with Crippen LogP contribution >= 0.6 is 0 Å². The second kappa shape index (κ2) is 4.94. The molecule has 0 radical (unpaired) electrons. The minimum Gasteiger partial charge on any atom is -0.292 e. The maximum atomic E-state index is 12.1. The molecule has 0 bridgehead atoms. The molecular formula is C15H11N3O. The highest BCUT2D eigenvalue weighted by Crippen LogP contribution is 2.10. The molecule has 92 valence electrons. The molecule has 19 heavy (non-hydrogen) atoms. The maximum absolute atomic E-state index is 12.1. The largest absolute Gasteiger partial charge is 0.292 e. The van der Waals surface area contributed by atoms with Gasteiger partial charge in [-0.2, -0.15) is 0 Å². The molecule has 4 nitrogen and oxygen atoms in total. The summed E-state index contributed by atoms with van der Waals surface area (Å²) in [4.78, 5) is 24.7. The highest BCUT2D eigenvalue weighted by atomic mass is 16.1. The number of nitrogens with zero attached hydrogens (tertiary/aromatic N) is 3. The van der Waals surface area contributed by atoms with Crippen LogP contribution in [-0.2, 0) is 6.42 Å². The van der Waals surface area contributed by atoms with Crippen LogP contribution in [0.5, 0.6) is 0 Å². The number of benzene rings is 1. The van der Waals surface area contributed by atoms with Gasteiger partial charge >= 0.3 is 0 Å². The molecule has 2 heterocycles. The first-order valence-electron chi connectivity index (χ1n) is 5.97. The van der Waals surface area contributed by atoms with Gasteiger partial charge in [0, 0.05) is 18.8 Å². The summed E-state index contributed by atoms with van der Waals surface area (Å²) in [5, 5.41) is 0. The molecular weight excluding hydrogens is 238 g/mol. The van der Waals surface area contributed by atoms with E-state index in [1.165, 1.54) is 6.20 Å². The summed E-state index contributed by atoms with van der Waals surface area (Å²) in [5.41, 5.74) is 2.86. The van der Waals surface area contributed by atoms with E-state index in [1.807, 2.05) is 36.4 Å². The Balaban J connectivity index is 1.89. The number of hydrogen-bond acceptors (Lipinski definition) is 4. The Labute approximate surface area is 110 Å². The zero-order valence-electron chi connectivity index (χ0n) is 10.2. The Morgan fingerprint density at radius 3 is 2.53 bits per heavy atom. The number of rotatable bonds is 3. The monoisotopic (exact) mass is 249 g/mol. The smallest absolute Gasteiger partial charge is 0.187 e. The highest BCUT2D eigenvalue weighted by molar-refractivity contribution is 5.96. The number of carbonyl (C=O) groups excluding carboxylic acids is 1. The van der Waals surface area contributed by atoms with Crippen LogP contribution in [-0.4, -0.2) is 20.7 Å². The predicted octanol–water partition coefficient (Wildman–Crippen LogP) is 2.45. The summed E-state index contributed by atoms with van der Waals surface area (Å²) < 4.78 is 0. The van der Waals surface area contributed by atoms with Crippen molar-refractivity contribution in [1.29, 1.82) is 0 Å². The molecule has 0 spiro atoms. The average Bonchev–Trinajstić information content (AvgIpc) is 2.48. The Morgan fingerprint density at radius 2 is 1.74 bits per heavy atom. The third-order valence-electron chi connectivity index (χ3n) is 2.85. The fraction of sp³-hybridized carbons (Fsp3) is 0.0667. The highest BCUT2D eigenvalue weighted by Gasteiger charge is 2.09. The predicted molar refractivity (Wildman–Crippen MR) is 71.8 cm³/mol. The van der Waals surface area contributed by atoms with Crippen molar-refractivity contribution in [3.05, 3.63) is 66.2 Å². The molecule has 0 aliphatic carbocycles. The minimum absolute atomic E-state index is 0.0375. The average molecular weight is 249 g/mol. The van der Waals surface area contributed by atoms with E-state index in [1.54, 1.807) is 12.4 Å². The van der Waals surface area contributed by atoms with Crippen LogP contribution in [0.2, 0.25) is 0 Å². The standard InChI is InChI=1S/C15H11N3O/c19-15(9-11-5-7-16-8-6-11)14-10-17-12-3-1-2-4-13(12)18-14/h1-8,10H,9H2. The fourth-order valence-corrected chi connectivity index (χ4v) is 1.87. The molecule has 0 atom stereocenters. The van der Waals surface area contributed by atoms with Crippen molar-refractivity contribution < 1.29 is 4.79 Å². The first-order valence-corrected chi connectivity index (χ1v) is 5.97. The lowest BCUT2D eigenvalue weighted by molar-refractivity contribution is 0.0988. The summed E-state index contributed by atoms with van der Waals surface area (Å²) in [6, 6.07) is 11.2. The van der Waals surface area contributed by atoms with E-state index in [9.17, 15) is 4.79 Å². The number of hydrogen-bond donors (Lipinski definition) is 0. The third-order valence-corrected chi connectivity index (χ3v) is 2.85. The zero-order chi connectivity index (χ0) is 13.1. The van der Waals surface area contributed by atoms with E-state index >= 15 is 0 Å². The van der Waals surface area contributed by atoms with Gasteiger partial charge in [-0.15, -0.1) is 0 Å². The Hall–Kier alpha value is -2.62. The fourth-order valence-electron chi connectivity index (χ4n) is 1.87. The lowest BCUT2D eigenvalue weighted by atomic mass is 10.1. The number of fused-ring (bicyclic) bond motifs is 1. The molecule has 2 aromatic heterocycles. The quantitative estimate of drug-likeness (QED) is 0.669. The maximum Gasteiger partial charge on any atom is 0.187 e. The van der Waals surface area contributed by atoms with Gasteiger partial charge in [-0.1, -0.05) is 12.1 Å².